The summed E-state index contributed by atoms with van der Waals surface area (Å²) in [4.78, 5) is 0. The molecule has 174 valence electrons. The Morgan fingerprint density at radius 1 is 0.903 bits per heavy atom. The molecule has 0 aliphatic heterocycles. The number of rotatable bonds is 6. The van der Waals surface area contributed by atoms with E-state index in [1.54, 1.807) is 0 Å². The highest BCUT2D eigenvalue weighted by Crippen LogP contribution is 2.35. The summed E-state index contributed by atoms with van der Waals surface area (Å²) >= 11 is 0. The van der Waals surface area contributed by atoms with Crippen LogP contribution in [0.15, 0.2) is 54.2 Å². The third kappa shape index (κ3) is 10.9. The summed E-state index contributed by atoms with van der Waals surface area (Å²) in [6.45, 7) is 30.7. The predicted molar refractivity (Wildman–Crippen MR) is 145 cm³/mol. The molecule has 0 spiro atoms. The zero-order valence-corrected chi connectivity index (χ0v) is 22.8. The molecule has 0 unspecified atom stereocenters. The van der Waals surface area contributed by atoms with Gasteiger partial charge in [0.15, 0.2) is 0 Å². The maximum Gasteiger partial charge on any atom is -0.0129 e. The van der Waals surface area contributed by atoms with Gasteiger partial charge in [0.25, 0.3) is 0 Å². The molecule has 1 rings (SSSR count). The van der Waals surface area contributed by atoms with Crippen LogP contribution in [-0.2, 0) is 10.8 Å². The van der Waals surface area contributed by atoms with Gasteiger partial charge in [-0.05, 0) is 66.4 Å². The summed E-state index contributed by atoms with van der Waals surface area (Å²) in [6.07, 6.45) is 12.7. The Labute approximate surface area is 195 Å². The molecule has 0 radical (unpaired) electrons. The van der Waals surface area contributed by atoms with E-state index in [2.05, 4.69) is 119 Å². The minimum atomic E-state index is 0.136. The molecular weight excluding hydrogens is 372 g/mol. The van der Waals surface area contributed by atoms with Gasteiger partial charge in [-0.25, -0.2) is 0 Å². The van der Waals surface area contributed by atoms with Crippen molar-refractivity contribution in [2.24, 2.45) is 0 Å². The number of hydrogen-bond donors (Lipinski definition) is 0. The van der Waals surface area contributed by atoms with Crippen LogP contribution in [0.4, 0.5) is 0 Å². The minimum absolute atomic E-state index is 0.136. The molecule has 1 aromatic carbocycles. The van der Waals surface area contributed by atoms with Gasteiger partial charge in [0.05, 0.1) is 0 Å². The topological polar surface area (TPSA) is 0 Å². The molecule has 0 saturated carbocycles. The van der Waals surface area contributed by atoms with E-state index in [-0.39, 0.29) is 10.8 Å². The standard InChI is InChI=1S/C26H38.C5H12/c1-18(2)15-19(3)13-12-14-20(4)23-16-22(25(6,7)8)17-24(21(23)5)26(9,10)11;1-3-5-4-2/h12-17H,1H2,2-11H3;3-5H2,1-2H3/b13-12+,19-15+,20-14-;. The molecule has 0 bridgehead atoms. The van der Waals surface area contributed by atoms with Crippen molar-refractivity contribution in [1.29, 1.82) is 0 Å². The lowest BCUT2D eigenvalue weighted by Gasteiger charge is -2.29. The zero-order valence-electron chi connectivity index (χ0n) is 22.8. The van der Waals surface area contributed by atoms with Gasteiger partial charge in [-0.15, -0.1) is 0 Å². The van der Waals surface area contributed by atoms with Crippen LogP contribution in [-0.4, -0.2) is 0 Å². The van der Waals surface area contributed by atoms with E-state index >= 15 is 0 Å². The fourth-order valence-corrected chi connectivity index (χ4v) is 3.56. The Hall–Kier alpha value is -1.82. The molecule has 0 heterocycles. The lowest BCUT2D eigenvalue weighted by molar-refractivity contribution is 0.565. The third-order valence-electron chi connectivity index (χ3n) is 5.39. The highest BCUT2D eigenvalue weighted by atomic mass is 14.3. The van der Waals surface area contributed by atoms with Gasteiger partial charge in [-0.3, -0.25) is 0 Å². The average Bonchev–Trinajstić information content (AvgIpc) is 2.60. The molecule has 31 heavy (non-hydrogen) atoms. The zero-order chi connectivity index (χ0) is 24.4. The summed E-state index contributed by atoms with van der Waals surface area (Å²) in [6, 6.07) is 4.78. The summed E-state index contributed by atoms with van der Waals surface area (Å²) < 4.78 is 0. The van der Waals surface area contributed by atoms with Crippen molar-refractivity contribution in [3.63, 3.8) is 0 Å². The van der Waals surface area contributed by atoms with E-state index in [1.165, 1.54) is 52.7 Å². The van der Waals surface area contributed by atoms with Crippen molar-refractivity contribution in [3.8, 4) is 0 Å². The van der Waals surface area contributed by atoms with E-state index in [1.807, 2.05) is 6.92 Å². The van der Waals surface area contributed by atoms with E-state index in [9.17, 15) is 0 Å². The fourth-order valence-electron chi connectivity index (χ4n) is 3.56. The van der Waals surface area contributed by atoms with E-state index in [4.69, 9.17) is 0 Å². The van der Waals surface area contributed by atoms with Crippen molar-refractivity contribution >= 4 is 5.57 Å². The lowest BCUT2D eigenvalue weighted by Crippen LogP contribution is -2.18. The number of benzene rings is 1. The molecule has 0 amide bonds. The molecule has 0 aliphatic rings. The Morgan fingerprint density at radius 3 is 1.84 bits per heavy atom. The minimum Gasteiger partial charge on any atom is -0.0961 e. The van der Waals surface area contributed by atoms with Crippen LogP contribution in [0.25, 0.3) is 5.57 Å². The fraction of sp³-hybridized carbons (Fsp3) is 0.548. The van der Waals surface area contributed by atoms with Gasteiger partial charge < -0.3 is 0 Å². The Morgan fingerprint density at radius 2 is 1.45 bits per heavy atom. The predicted octanol–water partition coefficient (Wildman–Crippen LogP) is 10.3. The summed E-state index contributed by atoms with van der Waals surface area (Å²) in [5, 5.41) is 0. The maximum atomic E-state index is 3.94. The molecule has 0 saturated heterocycles. The molecule has 1 aromatic rings. The van der Waals surface area contributed by atoms with Crippen LogP contribution in [0.5, 0.6) is 0 Å². The van der Waals surface area contributed by atoms with Crippen LogP contribution in [0, 0.1) is 6.92 Å². The Bertz CT molecular complexity index is 794. The summed E-state index contributed by atoms with van der Waals surface area (Å²) in [7, 11) is 0. The average molecular weight is 423 g/mol. The molecule has 0 atom stereocenters. The van der Waals surface area contributed by atoms with Gasteiger partial charge in [0.1, 0.15) is 0 Å². The second-order valence-electron chi connectivity index (χ2n) is 11.0. The third-order valence-corrected chi connectivity index (χ3v) is 5.39. The molecule has 0 N–H and O–H groups in total. The smallest absolute Gasteiger partial charge is 0.0129 e. The Kier molecular flexibility index (Phi) is 12.1. The van der Waals surface area contributed by atoms with Crippen LogP contribution >= 0.6 is 0 Å². The van der Waals surface area contributed by atoms with Crippen molar-refractivity contribution in [3.05, 3.63) is 76.4 Å². The van der Waals surface area contributed by atoms with Crippen molar-refractivity contribution in [2.45, 2.75) is 113 Å². The first kappa shape index (κ1) is 29.2. The van der Waals surface area contributed by atoms with Crippen LogP contribution in [0.1, 0.15) is 118 Å². The first-order valence-corrected chi connectivity index (χ1v) is 12.0. The van der Waals surface area contributed by atoms with Crippen LogP contribution in [0.2, 0.25) is 0 Å². The molecule has 0 aromatic heterocycles. The maximum absolute atomic E-state index is 3.94. The van der Waals surface area contributed by atoms with Gasteiger partial charge in [0, 0.05) is 0 Å². The molecule has 0 nitrogen and oxygen atoms in total. The lowest BCUT2D eigenvalue weighted by atomic mass is 9.76. The van der Waals surface area contributed by atoms with Gasteiger partial charge in [-0.1, -0.05) is 129 Å². The number of hydrogen-bond acceptors (Lipinski definition) is 0. The first-order chi connectivity index (χ1) is 14.1. The molecular formula is C31H50. The quantitative estimate of drug-likeness (QED) is 0.400. The van der Waals surface area contributed by atoms with Crippen molar-refractivity contribution < 1.29 is 0 Å². The number of unbranched alkanes of at least 4 members (excludes halogenated alkanes) is 2. The van der Waals surface area contributed by atoms with E-state index in [0.29, 0.717) is 0 Å². The second-order valence-corrected chi connectivity index (χ2v) is 11.0. The van der Waals surface area contributed by atoms with Crippen molar-refractivity contribution in [1.82, 2.24) is 0 Å². The van der Waals surface area contributed by atoms with Gasteiger partial charge in [0.2, 0.25) is 0 Å². The summed E-state index contributed by atoms with van der Waals surface area (Å²) in [5.74, 6) is 0. The van der Waals surface area contributed by atoms with Crippen molar-refractivity contribution in [2.75, 3.05) is 0 Å². The Balaban J connectivity index is 0.00000161. The summed E-state index contributed by atoms with van der Waals surface area (Å²) in [5.41, 5.74) is 9.46. The van der Waals surface area contributed by atoms with E-state index in [0.717, 1.165) is 5.57 Å². The molecule has 0 aliphatic carbocycles. The SMILES string of the molecule is C=C(C)/C=C(C)/C=C/C=C(/C)c1cc(C(C)(C)C)cc(C(C)(C)C)c1C.CCCCC. The van der Waals surface area contributed by atoms with E-state index < -0.39 is 0 Å². The highest BCUT2D eigenvalue weighted by Gasteiger charge is 2.23. The number of allylic oxidation sites excluding steroid dienone is 7. The van der Waals surface area contributed by atoms with Gasteiger partial charge >= 0.3 is 0 Å². The van der Waals surface area contributed by atoms with Crippen LogP contribution < -0.4 is 0 Å². The second kappa shape index (κ2) is 12.9. The van der Waals surface area contributed by atoms with Gasteiger partial charge in [-0.2, -0.15) is 0 Å². The molecule has 0 fully saturated rings. The highest BCUT2D eigenvalue weighted by molar-refractivity contribution is 5.70. The monoisotopic (exact) mass is 422 g/mol. The molecule has 0 heteroatoms. The van der Waals surface area contributed by atoms with Crippen LogP contribution in [0.3, 0.4) is 0 Å². The largest absolute Gasteiger partial charge is 0.0961 e. The first-order valence-electron chi connectivity index (χ1n) is 12.0. The normalized spacial score (nSPS) is 13.3.